The van der Waals surface area contributed by atoms with Crippen molar-refractivity contribution in [2.75, 3.05) is 20.2 Å². The molecule has 2 unspecified atom stereocenters. The van der Waals surface area contributed by atoms with E-state index in [1.807, 2.05) is 37.3 Å². The van der Waals surface area contributed by atoms with Gasteiger partial charge in [0.25, 0.3) is 0 Å². The van der Waals surface area contributed by atoms with Crippen molar-refractivity contribution in [1.82, 2.24) is 0 Å². The second-order valence-electron chi connectivity index (χ2n) is 7.77. The zero-order chi connectivity index (χ0) is 18.2. The average molecular weight is 337 g/mol. The third kappa shape index (κ3) is 6.10. The van der Waals surface area contributed by atoms with Crippen molar-refractivity contribution in [3.8, 4) is 5.75 Å². The average Bonchev–Trinajstić information content (AvgIpc) is 2.53. The fourth-order valence-electron chi connectivity index (χ4n) is 3.33. The topological polar surface area (TPSA) is 18.5 Å². The van der Waals surface area contributed by atoms with E-state index in [0.717, 1.165) is 16.8 Å². The van der Waals surface area contributed by atoms with Crippen molar-refractivity contribution in [3.63, 3.8) is 0 Å². The monoisotopic (exact) mass is 336 g/mol. The van der Waals surface area contributed by atoms with Crippen molar-refractivity contribution in [1.29, 1.82) is 0 Å². The highest BCUT2D eigenvalue weighted by atomic mass is 16.7. The molecule has 3 nitrogen and oxygen atoms in total. The number of hydrogen-bond donors (Lipinski definition) is 0. The van der Waals surface area contributed by atoms with Crippen molar-refractivity contribution in [3.05, 3.63) is 30.3 Å². The molecule has 0 radical (unpaired) electrons. The molecule has 0 saturated carbocycles. The first kappa shape index (κ1) is 21.0. The van der Waals surface area contributed by atoms with Crippen LogP contribution in [0.2, 0.25) is 0 Å². The van der Waals surface area contributed by atoms with Gasteiger partial charge in [-0.3, -0.25) is 9.22 Å². The molecule has 0 aliphatic heterocycles. The largest absolute Gasteiger partial charge is 0.419 e. The van der Waals surface area contributed by atoms with Crippen LogP contribution in [0.25, 0.3) is 0 Å². The Morgan fingerprint density at radius 3 is 1.88 bits per heavy atom. The summed E-state index contributed by atoms with van der Waals surface area (Å²) in [6, 6.07) is 10.6. The third-order valence-corrected chi connectivity index (χ3v) is 4.77. The smallest absolute Gasteiger partial charge is 0.351 e. The summed E-state index contributed by atoms with van der Waals surface area (Å²) < 4.78 is 13.2. The first-order valence-corrected chi connectivity index (χ1v) is 9.51. The lowest BCUT2D eigenvalue weighted by molar-refractivity contribution is -0.994. The molecule has 0 aliphatic carbocycles. The maximum atomic E-state index is 6.31. The molecule has 0 spiro atoms. The zero-order valence-corrected chi connectivity index (χ0v) is 16.8. The van der Waals surface area contributed by atoms with Crippen LogP contribution >= 0.6 is 0 Å². The highest BCUT2D eigenvalue weighted by Crippen LogP contribution is 2.29. The first-order chi connectivity index (χ1) is 11.3. The summed E-state index contributed by atoms with van der Waals surface area (Å²) in [7, 11) is 2.29. The van der Waals surface area contributed by atoms with Crippen molar-refractivity contribution >= 4 is 0 Å². The summed E-state index contributed by atoms with van der Waals surface area (Å²) in [5.41, 5.74) is 0. The lowest BCUT2D eigenvalue weighted by Crippen LogP contribution is -2.62. The number of hydrogen-bond acceptors (Lipinski definition) is 2. The fraction of sp³-hybridized carbons (Fsp3) is 0.714. The van der Waals surface area contributed by atoms with E-state index in [0.29, 0.717) is 24.5 Å². The quantitative estimate of drug-likeness (QED) is 0.402. The van der Waals surface area contributed by atoms with Gasteiger partial charge in [0.2, 0.25) is 0 Å². The van der Waals surface area contributed by atoms with Gasteiger partial charge in [-0.15, -0.1) is 0 Å². The Kier molecular flexibility index (Phi) is 8.79. The molecule has 2 atom stereocenters. The summed E-state index contributed by atoms with van der Waals surface area (Å²) in [5, 5.41) is 0. The zero-order valence-electron chi connectivity index (χ0n) is 16.8. The van der Waals surface area contributed by atoms with Gasteiger partial charge in [-0.25, -0.2) is 0 Å². The molecule has 0 heterocycles. The molecule has 1 aromatic carbocycles. The van der Waals surface area contributed by atoms with Crippen LogP contribution in [0.5, 0.6) is 5.75 Å². The normalized spacial score (nSPS) is 15.8. The van der Waals surface area contributed by atoms with E-state index in [9.17, 15) is 0 Å². The molecule has 1 rings (SSSR count). The number of nitrogens with zero attached hydrogens (tertiary/aromatic N) is 1. The third-order valence-electron chi connectivity index (χ3n) is 4.77. The van der Waals surface area contributed by atoms with E-state index < -0.39 is 0 Å². The SMILES string of the molecule is CCOC(Oc1ccccc1)[N+](C)(CC)C(CC(C)C)CC(C)C. The summed E-state index contributed by atoms with van der Waals surface area (Å²) >= 11 is 0. The highest BCUT2D eigenvalue weighted by molar-refractivity contribution is 5.20. The minimum absolute atomic E-state index is 0.273. The van der Waals surface area contributed by atoms with Gasteiger partial charge < -0.3 is 4.74 Å². The summed E-state index contributed by atoms with van der Waals surface area (Å²) in [6.45, 7) is 15.2. The minimum Gasteiger partial charge on any atom is -0.419 e. The predicted molar refractivity (Wildman–Crippen MR) is 102 cm³/mol. The highest BCUT2D eigenvalue weighted by Gasteiger charge is 2.41. The molecule has 0 aliphatic rings. The van der Waals surface area contributed by atoms with Gasteiger partial charge >= 0.3 is 6.41 Å². The molecule has 0 aromatic heterocycles. The Balaban J connectivity index is 3.09. The molecular formula is C21H38NO2+. The van der Waals surface area contributed by atoms with Gasteiger partial charge in [-0.2, -0.15) is 0 Å². The van der Waals surface area contributed by atoms with Crippen LogP contribution in [-0.2, 0) is 4.74 Å². The second-order valence-corrected chi connectivity index (χ2v) is 7.77. The molecule has 24 heavy (non-hydrogen) atoms. The van der Waals surface area contributed by atoms with Crippen LogP contribution in [0, 0.1) is 11.8 Å². The summed E-state index contributed by atoms with van der Waals surface area (Å²) in [5.74, 6) is 2.20. The van der Waals surface area contributed by atoms with Crippen LogP contribution in [0.15, 0.2) is 30.3 Å². The van der Waals surface area contributed by atoms with E-state index in [4.69, 9.17) is 9.47 Å². The van der Waals surface area contributed by atoms with E-state index in [-0.39, 0.29) is 6.41 Å². The molecular weight excluding hydrogens is 298 g/mol. The summed E-state index contributed by atoms with van der Waals surface area (Å²) in [6.07, 6.45) is 2.10. The Hall–Kier alpha value is -1.06. The van der Waals surface area contributed by atoms with E-state index in [2.05, 4.69) is 41.7 Å². The van der Waals surface area contributed by atoms with Crippen LogP contribution < -0.4 is 4.74 Å². The molecule has 138 valence electrons. The Morgan fingerprint density at radius 1 is 0.917 bits per heavy atom. The molecule has 1 aromatic rings. The van der Waals surface area contributed by atoms with Crippen LogP contribution in [0.3, 0.4) is 0 Å². The maximum absolute atomic E-state index is 6.31. The van der Waals surface area contributed by atoms with Crippen molar-refractivity contribution < 1.29 is 14.0 Å². The molecule has 0 N–H and O–H groups in total. The first-order valence-electron chi connectivity index (χ1n) is 9.51. The van der Waals surface area contributed by atoms with Gasteiger partial charge in [-0.05, 0) is 37.8 Å². The van der Waals surface area contributed by atoms with Crippen LogP contribution in [0.1, 0.15) is 54.4 Å². The van der Waals surface area contributed by atoms with E-state index in [1.165, 1.54) is 12.8 Å². The number of rotatable bonds is 11. The van der Waals surface area contributed by atoms with Crippen molar-refractivity contribution in [2.45, 2.75) is 66.8 Å². The predicted octanol–water partition coefficient (Wildman–Crippen LogP) is 5.31. The number of benzene rings is 1. The molecule has 0 amide bonds. The number of quaternary nitrogens is 1. The van der Waals surface area contributed by atoms with Crippen LogP contribution in [0.4, 0.5) is 0 Å². The van der Waals surface area contributed by atoms with E-state index >= 15 is 0 Å². The lowest BCUT2D eigenvalue weighted by Gasteiger charge is -2.46. The molecule has 0 bridgehead atoms. The standard InChI is InChI=1S/C21H38NO2/c1-8-22(7,19(15-17(3)4)16-18(5)6)21(23-9-2)24-20-13-11-10-12-14-20/h10-14,17-19,21H,8-9,15-16H2,1-7H3/q+1. The van der Waals surface area contributed by atoms with Gasteiger partial charge in [0.1, 0.15) is 5.75 Å². The Bertz CT molecular complexity index is 436. The molecule has 0 fully saturated rings. The Labute approximate surface area is 149 Å². The summed E-state index contributed by atoms with van der Waals surface area (Å²) in [4.78, 5) is 0. The molecule has 0 saturated heterocycles. The van der Waals surface area contributed by atoms with Gasteiger partial charge in [0, 0.05) is 12.8 Å². The van der Waals surface area contributed by atoms with Gasteiger partial charge in [0.05, 0.1) is 26.2 Å². The second kappa shape index (κ2) is 10.0. The van der Waals surface area contributed by atoms with Gasteiger partial charge in [0.15, 0.2) is 0 Å². The molecule has 3 heteroatoms. The fourth-order valence-corrected chi connectivity index (χ4v) is 3.33. The Morgan fingerprint density at radius 2 is 1.46 bits per heavy atom. The minimum atomic E-state index is -0.273. The number of para-hydroxylation sites is 1. The van der Waals surface area contributed by atoms with Crippen LogP contribution in [-0.4, -0.2) is 37.1 Å². The maximum Gasteiger partial charge on any atom is 0.351 e. The van der Waals surface area contributed by atoms with Crippen molar-refractivity contribution in [2.24, 2.45) is 11.8 Å². The number of ether oxygens (including phenoxy) is 2. The lowest BCUT2D eigenvalue weighted by atomic mass is 9.93. The van der Waals surface area contributed by atoms with E-state index in [1.54, 1.807) is 0 Å². The van der Waals surface area contributed by atoms with Gasteiger partial charge in [-0.1, -0.05) is 45.9 Å².